The molecule has 0 spiro atoms. The van der Waals surface area contributed by atoms with Crippen LogP contribution in [-0.2, 0) is 13.0 Å². The molecule has 0 saturated heterocycles. The maximum absolute atomic E-state index is 13.3. The van der Waals surface area contributed by atoms with Crippen molar-refractivity contribution in [1.82, 2.24) is 25.1 Å². The van der Waals surface area contributed by atoms with Gasteiger partial charge in [0.05, 0.1) is 0 Å². The Labute approximate surface area is 176 Å². The van der Waals surface area contributed by atoms with Crippen molar-refractivity contribution < 1.29 is 9.18 Å². The number of nitrogens with zero attached hydrogens (tertiary/aromatic N) is 4. The fraction of sp³-hybridized carbons (Fsp3) is 0.143. The second-order valence-corrected chi connectivity index (χ2v) is 7.04. The number of benzene rings is 2. The minimum Gasteiger partial charge on any atom is -0.365 e. The van der Waals surface area contributed by atoms with Gasteiger partial charge in [-0.05, 0) is 48.0 Å². The number of aromatic nitrogens is 4. The van der Waals surface area contributed by atoms with Crippen molar-refractivity contribution in [1.29, 1.82) is 0 Å². The Morgan fingerprint density at radius 1 is 1.07 bits per heavy atom. The molecule has 0 fully saturated rings. The van der Waals surface area contributed by atoms with E-state index in [1.54, 1.807) is 10.6 Å². The molecule has 152 valence electrons. The first kappa shape index (κ1) is 19.8. The van der Waals surface area contributed by atoms with Gasteiger partial charge < -0.3 is 10.6 Å². The van der Waals surface area contributed by atoms with Gasteiger partial charge in [0.2, 0.25) is 0 Å². The van der Waals surface area contributed by atoms with Crippen LogP contribution in [-0.4, -0.2) is 32.3 Å². The third-order valence-corrected chi connectivity index (χ3v) is 4.69. The van der Waals surface area contributed by atoms with E-state index in [4.69, 9.17) is 11.6 Å². The number of rotatable bonds is 7. The molecule has 0 aliphatic carbocycles. The average Bonchev–Trinajstić information content (AvgIpc) is 3.15. The van der Waals surface area contributed by atoms with E-state index in [1.807, 2.05) is 36.4 Å². The van der Waals surface area contributed by atoms with Crippen LogP contribution in [0, 0.1) is 5.82 Å². The Balaban J connectivity index is 1.38. The molecule has 0 unspecified atom stereocenters. The van der Waals surface area contributed by atoms with E-state index in [1.165, 1.54) is 18.2 Å². The first-order chi connectivity index (χ1) is 14.6. The number of amides is 1. The molecule has 2 aromatic heterocycles. The van der Waals surface area contributed by atoms with Gasteiger partial charge in [0.15, 0.2) is 11.5 Å². The van der Waals surface area contributed by atoms with Crippen LogP contribution in [0.5, 0.6) is 0 Å². The highest BCUT2D eigenvalue weighted by atomic mass is 35.5. The van der Waals surface area contributed by atoms with Crippen LogP contribution in [0.15, 0.2) is 60.7 Å². The fourth-order valence-corrected chi connectivity index (χ4v) is 3.02. The lowest BCUT2D eigenvalue weighted by molar-refractivity contribution is 0.0953. The number of carbonyl (C=O) groups excluding carboxylic acids is 1. The summed E-state index contributed by atoms with van der Waals surface area (Å²) in [6.45, 7) is 0.914. The van der Waals surface area contributed by atoms with Gasteiger partial charge in [0, 0.05) is 30.1 Å². The Morgan fingerprint density at radius 2 is 1.90 bits per heavy atom. The molecule has 2 heterocycles. The molecule has 7 nitrogen and oxygen atoms in total. The zero-order chi connectivity index (χ0) is 20.9. The molecule has 0 aliphatic heterocycles. The molecule has 1 amide bonds. The first-order valence-electron chi connectivity index (χ1n) is 9.32. The molecule has 0 atom stereocenters. The second-order valence-electron chi connectivity index (χ2n) is 6.60. The highest BCUT2D eigenvalue weighted by Crippen LogP contribution is 2.12. The van der Waals surface area contributed by atoms with E-state index < -0.39 is 5.82 Å². The fourth-order valence-electron chi connectivity index (χ4n) is 2.90. The van der Waals surface area contributed by atoms with Crippen LogP contribution in [0.3, 0.4) is 0 Å². The van der Waals surface area contributed by atoms with E-state index in [2.05, 4.69) is 25.9 Å². The predicted octanol–water partition coefficient (Wildman–Crippen LogP) is 3.50. The maximum atomic E-state index is 13.3. The zero-order valence-electron chi connectivity index (χ0n) is 15.8. The SMILES string of the molecule is O=C(NCCc1nnc2ccc(NCc3ccc(Cl)cc3)nn12)c1cccc(F)c1. The summed E-state index contributed by atoms with van der Waals surface area (Å²) in [4.78, 5) is 12.1. The number of hydrogen-bond acceptors (Lipinski definition) is 5. The van der Waals surface area contributed by atoms with Crippen LogP contribution < -0.4 is 10.6 Å². The third-order valence-electron chi connectivity index (χ3n) is 4.44. The lowest BCUT2D eigenvalue weighted by atomic mass is 10.2. The molecule has 2 aromatic carbocycles. The van der Waals surface area contributed by atoms with Crippen molar-refractivity contribution in [3.05, 3.63) is 88.5 Å². The lowest BCUT2D eigenvalue weighted by Gasteiger charge is -2.07. The standard InChI is InChI=1S/C21H18ClFN6O/c22-16-6-4-14(5-7-16)13-25-18-8-9-19-26-27-20(29(19)28-18)10-11-24-21(30)15-2-1-3-17(23)12-15/h1-9,12H,10-11,13H2,(H,24,30)(H,25,28). The summed E-state index contributed by atoms with van der Waals surface area (Å²) in [5.41, 5.74) is 1.96. The zero-order valence-corrected chi connectivity index (χ0v) is 16.6. The summed E-state index contributed by atoms with van der Waals surface area (Å²) in [5.74, 6) is 0.484. The van der Waals surface area contributed by atoms with Gasteiger partial charge in [-0.1, -0.05) is 29.8 Å². The minimum atomic E-state index is -0.450. The van der Waals surface area contributed by atoms with Crippen LogP contribution in [0.4, 0.5) is 10.2 Å². The van der Waals surface area contributed by atoms with E-state index >= 15 is 0 Å². The Morgan fingerprint density at radius 3 is 2.70 bits per heavy atom. The maximum Gasteiger partial charge on any atom is 0.251 e. The summed E-state index contributed by atoms with van der Waals surface area (Å²) in [6, 6.07) is 16.8. The lowest BCUT2D eigenvalue weighted by Crippen LogP contribution is -2.26. The number of hydrogen-bond donors (Lipinski definition) is 2. The summed E-state index contributed by atoms with van der Waals surface area (Å²) in [6.07, 6.45) is 0.426. The molecule has 0 aliphatic rings. The molecule has 0 radical (unpaired) electrons. The van der Waals surface area contributed by atoms with Crippen molar-refractivity contribution in [3.8, 4) is 0 Å². The molecule has 4 rings (SSSR count). The summed E-state index contributed by atoms with van der Waals surface area (Å²) >= 11 is 5.91. The average molecular weight is 425 g/mol. The van der Waals surface area contributed by atoms with Crippen LogP contribution in [0.25, 0.3) is 5.65 Å². The minimum absolute atomic E-state index is 0.271. The highest BCUT2D eigenvalue weighted by Gasteiger charge is 2.10. The summed E-state index contributed by atoms with van der Waals surface area (Å²) in [7, 11) is 0. The first-order valence-corrected chi connectivity index (χ1v) is 9.70. The van der Waals surface area contributed by atoms with E-state index in [9.17, 15) is 9.18 Å². The Kier molecular flexibility index (Phi) is 5.85. The van der Waals surface area contributed by atoms with Gasteiger partial charge in [-0.3, -0.25) is 4.79 Å². The van der Waals surface area contributed by atoms with Crippen LogP contribution in [0.1, 0.15) is 21.7 Å². The number of carbonyl (C=O) groups is 1. The molecule has 4 aromatic rings. The topological polar surface area (TPSA) is 84.2 Å². The van der Waals surface area contributed by atoms with Gasteiger partial charge in [0.1, 0.15) is 11.6 Å². The van der Waals surface area contributed by atoms with Gasteiger partial charge >= 0.3 is 0 Å². The smallest absolute Gasteiger partial charge is 0.251 e. The molecule has 9 heteroatoms. The predicted molar refractivity (Wildman–Crippen MR) is 112 cm³/mol. The van der Waals surface area contributed by atoms with Gasteiger partial charge in [-0.25, -0.2) is 4.39 Å². The normalized spacial score (nSPS) is 10.9. The molecular formula is C21H18ClFN6O. The Bertz CT molecular complexity index is 1180. The van der Waals surface area contributed by atoms with Crippen molar-refractivity contribution in [2.24, 2.45) is 0 Å². The largest absolute Gasteiger partial charge is 0.365 e. The third kappa shape index (κ3) is 4.72. The monoisotopic (exact) mass is 424 g/mol. The van der Waals surface area contributed by atoms with Gasteiger partial charge in [-0.2, -0.15) is 4.52 Å². The molecule has 30 heavy (non-hydrogen) atoms. The van der Waals surface area contributed by atoms with Gasteiger partial charge in [0.25, 0.3) is 5.91 Å². The van der Waals surface area contributed by atoms with E-state index in [-0.39, 0.29) is 11.5 Å². The Hall–Kier alpha value is -3.52. The van der Waals surface area contributed by atoms with Crippen LogP contribution >= 0.6 is 11.6 Å². The molecule has 2 N–H and O–H groups in total. The van der Waals surface area contributed by atoms with E-state index in [0.29, 0.717) is 41.8 Å². The van der Waals surface area contributed by atoms with Crippen molar-refractivity contribution >= 4 is 29.0 Å². The molecular weight excluding hydrogens is 407 g/mol. The quantitative estimate of drug-likeness (QED) is 0.474. The van der Waals surface area contributed by atoms with Crippen molar-refractivity contribution in [2.75, 3.05) is 11.9 Å². The number of anilines is 1. The number of fused-ring (bicyclic) bond motifs is 1. The second kappa shape index (κ2) is 8.87. The molecule has 0 saturated carbocycles. The number of nitrogens with one attached hydrogen (secondary N) is 2. The highest BCUT2D eigenvalue weighted by molar-refractivity contribution is 6.30. The summed E-state index contributed by atoms with van der Waals surface area (Å²) in [5, 5.41) is 19.5. The van der Waals surface area contributed by atoms with Gasteiger partial charge in [-0.15, -0.1) is 15.3 Å². The van der Waals surface area contributed by atoms with Crippen molar-refractivity contribution in [2.45, 2.75) is 13.0 Å². The molecule has 0 bridgehead atoms. The van der Waals surface area contributed by atoms with Crippen LogP contribution in [0.2, 0.25) is 5.02 Å². The number of halogens is 2. The van der Waals surface area contributed by atoms with E-state index in [0.717, 1.165) is 5.56 Å². The summed E-state index contributed by atoms with van der Waals surface area (Å²) < 4.78 is 14.9. The van der Waals surface area contributed by atoms with Crippen molar-refractivity contribution in [3.63, 3.8) is 0 Å².